The van der Waals surface area contributed by atoms with Gasteiger partial charge in [0.25, 0.3) is 5.79 Å². The van der Waals surface area contributed by atoms with Crippen molar-refractivity contribution >= 4 is 41.5 Å². The van der Waals surface area contributed by atoms with Crippen LogP contribution in [0.5, 0.6) is 0 Å². The molecule has 50 heavy (non-hydrogen) atoms. The zero-order valence-electron chi connectivity index (χ0n) is 28.4. The highest BCUT2D eigenvalue weighted by atomic mass is 19.1. The molecule has 18 nitrogen and oxygen atoms in total. The smallest absolute Gasteiger partial charge is 0.407 e. The van der Waals surface area contributed by atoms with Crippen LogP contribution in [0.1, 0.15) is 52.0 Å². The predicted octanol–water partition coefficient (Wildman–Crippen LogP) is -0.815. The molecule has 1 aliphatic rings. The number of carboxylic acid groups (broad SMARTS) is 1. The molecule has 7 atom stereocenters. The lowest BCUT2D eigenvalue weighted by molar-refractivity contribution is -0.296. The minimum absolute atomic E-state index is 0.0427. The van der Waals surface area contributed by atoms with E-state index in [1.165, 1.54) is 0 Å². The van der Waals surface area contributed by atoms with Crippen LogP contribution in [0.15, 0.2) is 24.3 Å². The van der Waals surface area contributed by atoms with Gasteiger partial charge in [-0.1, -0.05) is 26.0 Å². The molecule has 0 bridgehead atoms. The number of carbonyl (C=O) groups excluding carboxylic acids is 5. The molecule has 1 heterocycles. The number of hydrogen-bond donors (Lipinski definition) is 10. The van der Waals surface area contributed by atoms with E-state index in [0.29, 0.717) is 17.7 Å². The second-order valence-electron chi connectivity index (χ2n) is 12.1. The summed E-state index contributed by atoms with van der Waals surface area (Å²) < 4.78 is 24.6. The number of aliphatic hydroxyl groups excluding tert-OH is 1. The highest BCUT2D eigenvalue weighted by molar-refractivity contribution is 5.97. The molecule has 19 heteroatoms. The van der Waals surface area contributed by atoms with E-state index in [4.69, 9.17) is 15.2 Å². The molecule has 1 aromatic rings. The van der Waals surface area contributed by atoms with Gasteiger partial charge in [-0.15, -0.1) is 0 Å². The van der Waals surface area contributed by atoms with Gasteiger partial charge in [0, 0.05) is 32.1 Å². The number of carboxylic acids is 1. The first kappa shape index (κ1) is 41.6. The monoisotopic (exact) mass is 713 g/mol. The third-order valence-corrected chi connectivity index (χ3v) is 7.83. The molecule has 1 aromatic carbocycles. The summed E-state index contributed by atoms with van der Waals surface area (Å²) in [4.78, 5) is 72.1. The van der Waals surface area contributed by atoms with E-state index in [-0.39, 0.29) is 44.4 Å². The van der Waals surface area contributed by atoms with E-state index in [2.05, 4.69) is 31.9 Å². The van der Waals surface area contributed by atoms with Crippen molar-refractivity contribution in [3.63, 3.8) is 0 Å². The maximum Gasteiger partial charge on any atom is 0.407 e. The number of primary amides is 1. The maximum atomic E-state index is 14.4. The standard InChI is InChI=1S/C31H48FN7O11/c1-16(2)24(34-4)27(43)39-20(6-5-12-35-29(33)46)26(42)38-19-9-7-18(8-10-19)15-49-30(47)36-13-11-22(41)25-21(37-17(3)40)14-23(32)31(48,50-25)28(44)45/h7-10,16,20-25,34,41,48H,5-6,11-15H2,1-4H3,(H,36,47)(H,37,40)(H,38,42)(H,39,43)(H,44,45)(H3,33,35,46)/t20?,21?,22-,23+,24?,25?,31?/m0/s1. The van der Waals surface area contributed by atoms with Crippen molar-refractivity contribution < 1.29 is 58.0 Å². The number of likely N-dealkylation sites (N-methyl/N-ethyl adjacent to an activating group) is 1. The van der Waals surface area contributed by atoms with Gasteiger partial charge in [0.05, 0.1) is 18.2 Å². The van der Waals surface area contributed by atoms with Crippen molar-refractivity contribution in [2.24, 2.45) is 11.7 Å². The van der Waals surface area contributed by atoms with E-state index in [1.807, 2.05) is 13.8 Å². The summed E-state index contributed by atoms with van der Waals surface area (Å²) in [5.41, 5.74) is 6.04. The van der Waals surface area contributed by atoms with Crippen LogP contribution in [0, 0.1) is 5.92 Å². The van der Waals surface area contributed by atoms with Crippen molar-refractivity contribution in [1.82, 2.24) is 26.6 Å². The molecular formula is C31H48FN7O11. The number of nitrogens with one attached hydrogen (secondary N) is 6. The van der Waals surface area contributed by atoms with Gasteiger partial charge in [-0.25, -0.2) is 18.8 Å². The first-order valence-electron chi connectivity index (χ1n) is 16.0. The van der Waals surface area contributed by atoms with Crippen LogP contribution < -0.4 is 37.6 Å². The van der Waals surface area contributed by atoms with Gasteiger partial charge >= 0.3 is 18.1 Å². The summed E-state index contributed by atoms with van der Waals surface area (Å²) in [7, 11) is 1.64. The number of hydrogen-bond acceptors (Lipinski definition) is 11. The van der Waals surface area contributed by atoms with E-state index in [0.717, 1.165) is 6.92 Å². The van der Waals surface area contributed by atoms with Gasteiger partial charge in [-0.2, -0.15) is 0 Å². The second-order valence-corrected chi connectivity index (χ2v) is 12.1. The number of ether oxygens (including phenoxy) is 2. The first-order chi connectivity index (χ1) is 23.5. The normalized spacial score (nSPS) is 22.0. The van der Waals surface area contributed by atoms with Gasteiger partial charge < -0.3 is 62.4 Å². The SMILES string of the molecule is CNC(C(=O)NC(CCCNC(N)=O)C(=O)Nc1ccc(COC(=O)NCC[C@H](O)C2OC(O)(C(=O)O)[C@H](F)CC2NC(C)=O)cc1)C(C)C. The van der Waals surface area contributed by atoms with Crippen molar-refractivity contribution in [3.05, 3.63) is 29.8 Å². The Bertz CT molecular complexity index is 1340. The highest BCUT2D eigenvalue weighted by Gasteiger charge is 2.56. The molecule has 1 fully saturated rings. The van der Waals surface area contributed by atoms with E-state index >= 15 is 0 Å². The number of urea groups is 1. The van der Waals surface area contributed by atoms with Gasteiger partial charge in [-0.3, -0.25) is 14.4 Å². The molecule has 2 rings (SSSR count). The Balaban J connectivity index is 1.90. The number of benzene rings is 1. The van der Waals surface area contributed by atoms with Crippen LogP contribution in [-0.2, 0) is 35.3 Å². The average molecular weight is 714 g/mol. The lowest BCUT2D eigenvalue weighted by Crippen LogP contribution is -2.65. The quantitative estimate of drug-likeness (QED) is 0.0836. The number of aliphatic carboxylic acids is 1. The number of rotatable bonds is 18. The lowest BCUT2D eigenvalue weighted by atomic mass is 9.90. The van der Waals surface area contributed by atoms with Crippen LogP contribution in [-0.4, -0.2) is 114 Å². The number of nitrogens with two attached hydrogens (primary N) is 1. The van der Waals surface area contributed by atoms with Crippen LogP contribution >= 0.6 is 0 Å². The van der Waals surface area contributed by atoms with Crippen molar-refractivity contribution in [3.8, 4) is 0 Å². The zero-order chi connectivity index (χ0) is 37.6. The number of carbonyl (C=O) groups is 6. The number of alkyl carbamates (subject to hydrolysis) is 1. The first-order valence-corrected chi connectivity index (χ1v) is 16.0. The largest absolute Gasteiger partial charge is 0.477 e. The summed E-state index contributed by atoms with van der Waals surface area (Å²) in [5.74, 6) is -6.70. The fourth-order valence-electron chi connectivity index (χ4n) is 5.23. The Hall–Kier alpha value is -4.59. The van der Waals surface area contributed by atoms with Gasteiger partial charge in [0.2, 0.25) is 17.7 Å². The average Bonchev–Trinajstić information content (AvgIpc) is 3.03. The van der Waals surface area contributed by atoms with E-state index < -0.39 is 78.6 Å². The molecule has 1 saturated heterocycles. The van der Waals surface area contributed by atoms with E-state index in [9.17, 15) is 48.5 Å². The van der Waals surface area contributed by atoms with E-state index in [1.54, 1.807) is 31.3 Å². The van der Waals surface area contributed by atoms with Crippen molar-refractivity contribution in [1.29, 1.82) is 0 Å². The number of alkyl halides is 1. The minimum atomic E-state index is -3.22. The summed E-state index contributed by atoms with van der Waals surface area (Å²) in [6, 6.07) is 3.02. The molecule has 6 amide bonds. The van der Waals surface area contributed by atoms with Crippen LogP contribution in [0.25, 0.3) is 0 Å². The predicted molar refractivity (Wildman–Crippen MR) is 175 cm³/mol. The Morgan fingerprint density at radius 1 is 1.06 bits per heavy atom. The van der Waals surface area contributed by atoms with Gasteiger partial charge in [0.1, 0.15) is 18.8 Å². The van der Waals surface area contributed by atoms with Gasteiger partial charge in [-0.05, 0) is 49.9 Å². The molecule has 1 aliphatic heterocycles. The maximum absolute atomic E-state index is 14.4. The summed E-state index contributed by atoms with van der Waals surface area (Å²) in [6.45, 7) is 4.71. The Labute approximate surface area is 288 Å². The Morgan fingerprint density at radius 2 is 1.72 bits per heavy atom. The number of halogens is 1. The van der Waals surface area contributed by atoms with Crippen LogP contribution in [0.2, 0.25) is 0 Å². The number of anilines is 1. The highest BCUT2D eigenvalue weighted by Crippen LogP contribution is 2.32. The lowest BCUT2D eigenvalue weighted by Gasteiger charge is -2.43. The number of amides is 6. The molecular weight excluding hydrogens is 665 g/mol. The van der Waals surface area contributed by atoms with Crippen molar-refractivity contribution in [2.45, 2.75) is 95.4 Å². The van der Waals surface area contributed by atoms with Gasteiger partial charge in [0.15, 0.2) is 6.17 Å². The molecule has 0 spiro atoms. The third kappa shape index (κ3) is 12.7. The molecule has 0 saturated carbocycles. The fraction of sp³-hybridized carbons (Fsp3) is 0.613. The van der Waals surface area contributed by atoms with Crippen LogP contribution in [0.4, 0.5) is 19.7 Å². The molecule has 0 aromatic heterocycles. The molecule has 11 N–H and O–H groups in total. The van der Waals surface area contributed by atoms with Crippen molar-refractivity contribution in [2.75, 3.05) is 25.5 Å². The third-order valence-electron chi connectivity index (χ3n) is 7.83. The molecule has 0 aliphatic carbocycles. The summed E-state index contributed by atoms with van der Waals surface area (Å²) >= 11 is 0. The summed E-state index contributed by atoms with van der Waals surface area (Å²) in [5, 5.41) is 45.6. The Kier molecular flexibility index (Phi) is 16.3. The zero-order valence-corrected chi connectivity index (χ0v) is 28.4. The molecule has 280 valence electrons. The fourth-order valence-corrected chi connectivity index (χ4v) is 5.23. The Morgan fingerprint density at radius 3 is 2.28 bits per heavy atom. The second kappa shape index (κ2) is 19.6. The molecule has 5 unspecified atom stereocenters. The molecule has 0 radical (unpaired) electrons. The number of aliphatic hydroxyl groups is 2. The van der Waals surface area contributed by atoms with Crippen LogP contribution in [0.3, 0.4) is 0 Å². The summed E-state index contributed by atoms with van der Waals surface area (Å²) in [6.07, 6.45) is -6.55. The minimum Gasteiger partial charge on any atom is -0.477 e. The topological polar surface area (TPSA) is 280 Å².